The Hall–Kier alpha value is -0.120. The number of likely N-dealkylation sites (tertiary alicyclic amines) is 2. The van der Waals surface area contributed by atoms with Crippen molar-refractivity contribution in [1.82, 2.24) is 15.1 Å². The van der Waals surface area contributed by atoms with Crippen LogP contribution in [0.5, 0.6) is 0 Å². The Morgan fingerprint density at radius 1 is 0.941 bits per heavy atom. The number of nitrogens with zero attached hydrogens (tertiary/aromatic N) is 2. The summed E-state index contributed by atoms with van der Waals surface area (Å²) in [6.45, 7) is 7.93. The molecule has 3 rings (SSSR count). The van der Waals surface area contributed by atoms with Crippen LogP contribution in [0.15, 0.2) is 0 Å². The minimum absolute atomic E-state index is 0.787. The van der Waals surface area contributed by atoms with Crippen molar-refractivity contribution in [3.8, 4) is 0 Å². The Morgan fingerprint density at radius 2 is 1.82 bits per heavy atom. The highest BCUT2D eigenvalue weighted by atomic mass is 15.3. The van der Waals surface area contributed by atoms with Crippen molar-refractivity contribution < 1.29 is 0 Å². The highest BCUT2D eigenvalue weighted by molar-refractivity contribution is 4.87. The molecule has 0 aromatic heterocycles. The Balaban J connectivity index is 1.44. The average molecular weight is 237 g/mol. The minimum Gasteiger partial charge on any atom is -0.313 e. The van der Waals surface area contributed by atoms with Gasteiger partial charge < -0.3 is 10.2 Å². The van der Waals surface area contributed by atoms with E-state index in [4.69, 9.17) is 0 Å². The molecule has 1 unspecified atom stereocenters. The van der Waals surface area contributed by atoms with Crippen LogP contribution in [0.25, 0.3) is 0 Å². The van der Waals surface area contributed by atoms with Gasteiger partial charge in [0.2, 0.25) is 0 Å². The van der Waals surface area contributed by atoms with Crippen LogP contribution in [0.1, 0.15) is 38.5 Å². The van der Waals surface area contributed by atoms with Crippen LogP contribution < -0.4 is 5.32 Å². The maximum Gasteiger partial charge on any atom is 0.0235 e. The van der Waals surface area contributed by atoms with Gasteiger partial charge in [-0.2, -0.15) is 0 Å². The lowest BCUT2D eigenvalue weighted by molar-refractivity contribution is 0.160. The number of hydrogen-bond donors (Lipinski definition) is 1. The maximum absolute atomic E-state index is 3.62. The van der Waals surface area contributed by atoms with Crippen molar-refractivity contribution in [1.29, 1.82) is 0 Å². The van der Waals surface area contributed by atoms with E-state index in [2.05, 4.69) is 15.1 Å². The molecule has 0 bridgehead atoms. The van der Waals surface area contributed by atoms with Crippen molar-refractivity contribution in [2.45, 2.75) is 50.6 Å². The SMILES string of the molecule is C1CCN(C2CCN(C[C@@H]3CCCN3)C2)CC1. The van der Waals surface area contributed by atoms with Crippen LogP contribution in [-0.2, 0) is 0 Å². The van der Waals surface area contributed by atoms with E-state index in [1.54, 1.807) is 0 Å². The summed E-state index contributed by atoms with van der Waals surface area (Å²) in [6.07, 6.45) is 8.51. The molecule has 0 spiro atoms. The second-order valence-electron chi connectivity index (χ2n) is 6.09. The van der Waals surface area contributed by atoms with Crippen LogP contribution >= 0.6 is 0 Å². The molecule has 0 amide bonds. The second-order valence-corrected chi connectivity index (χ2v) is 6.09. The molecular weight excluding hydrogens is 210 g/mol. The fourth-order valence-electron chi connectivity index (χ4n) is 3.78. The number of rotatable bonds is 3. The predicted octanol–water partition coefficient (Wildman–Crippen LogP) is 1.30. The Bertz CT molecular complexity index is 232. The Morgan fingerprint density at radius 3 is 2.59 bits per heavy atom. The van der Waals surface area contributed by atoms with E-state index in [1.807, 2.05) is 0 Å². The molecular formula is C14H27N3. The van der Waals surface area contributed by atoms with Gasteiger partial charge in [-0.15, -0.1) is 0 Å². The zero-order valence-electron chi connectivity index (χ0n) is 11.0. The largest absolute Gasteiger partial charge is 0.313 e. The van der Waals surface area contributed by atoms with E-state index in [0.717, 1.165) is 12.1 Å². The first kappa shape index (κ1) is 11.9. The Labute approximate surface area is 106 Å². The number of nitrogens with one attached hydrogen (secondary N) is 1. The molecule has 3 saturated heterocycles. The number of piperidine rings is 1. The quantitative estimate of drug-likeness (QED) is 0.798. The highest BCUT2D eigenvalue weighted by Crippen LogP contribution is 2.21. The van der Waals surface area contributed by atoms with Crippen molar-refractivity contribution in [2.24, 2.45) is 0 Å². The molecule has 3 heteroatoms. The zero-order valence-corrected chi connectivity index (χ0v) is 11.0. The van der Waals surface area contributed by atoms with Gasteiger partial charge in [0.05, 0.1) is 0 Å². The normalized spacial score (nSPS) is 36.7. The molecule has 0 aromatic rings. The topological polar surface area (TPSA) is 18.5 Å². The van der Waals surface area contributed by atoms with Gasteiger partial charge in [0.25, 0.3) is 0 Å². The molecule has 0 radical (unpaired) electrons. The fraction of sp³-hybridized carbons (Fsp3) is 1.00. The molecule has 3 fully saturated rings. The summed E-state index contributed by atoms with van der Waals surface area (Å²) in [5, 5.41) is 3.62. The molecule has 2 atom stereocenters. The third-order valence-electron chi connectivity index (χ3n) is 4.80. The van der Waals surface area contributed by atoms with E-state index in [9.17, 15) is 0 Å². The first-order valence-corrected chi connectivity index (χ1v) is 7.61. The molecule has 0 aliphatic carbocycles. The van der Waals surface area contributed by atoms with Gasteiger partial charge in [-0.05, 0) is 58.3 Å². The summed E-state index contributed by atoms with van der Waals surface area (Å²) in [4.78, 5) is 5.45. The summed E-state index contributed by atoms with van der Waals surface area (Å²) in [5.74, 6) is 0. The van der Waals surface area contributed by atoms with Crippen LogP contribution in [0.2, 0.25) is 0 Å². The minimum atomic E-state index is 0.787. The Kier molecular flexibility index (Phi) is 3.99. The molecule has 0 saturated carbocycles. The predicted molar refractivity (Wildman–Crippen MR) is 71.3 cm³/mol. The maximum atomic E-state index is 3.62. The lowest BCUT2D eigenvalue weighted by Crippen LogP contribution is -2.42. The van der Waals surface area contributed by atoms with Crippen LogP contribution in [0, 0.1) is 0 Å². The van der Waals surface area contributed by atoms with E-state index in [-0.39, 0.29) is 0 Å². The van der Waals surface area contributed by atoms with Crippen LogP contribution in [0.4, 0.5) is 0 Å². The fourth-order valence-corrected chi connectivity index (χ4v) is 3.78. The van der Waals surface area contributed by atoms with Crippen molar-refractivity contribution in [3.05, 3.63) is 0 Å². The zero-order chi connectivity index (χ0) is 11.5. The third kappa shape index (κ3) is 3.01. The van der Waals surface area contributed by atoms with Crippen molar-refractivity contribution in [3.63, 3.8) is 0 Å². The van der Waals surface area contributed by atoms with Crippen molar-refractivity contribution >= 4 is 0 Å². The summed E-state index contributed by atoms with van der Waals surface area (Å²) in [6, 6.07) is 1.66. The van der Waals surface area contributed by atoms with Gasteiger partial charge in [0.15, 0.2) is 0 Å². The summed E-state index contributed by atoms with van der Waals surface area (Å²) < 4.78 is 0. The lowest BCUT2D eigenvalue weighted by Gasteiger charge is -2.32. The van der Waals surface area contributed by atoms with Crippen molar-refractivity contribution in [2.75, 3.05) is 39.3 Å². The van der Waals surface area contributed by atoms with Gasteiger partial charge >= 0.3 is 0 Å². The van der Waals surface area contributed by atoms with Gasteiger partial charge in [-0.25, -0.2) is 0 Å². The third-order valence-corrected chi connectivity index (χ3v) is 4.80. The molecule has 3 nitrogen and oxygen atoms in total. The summed E-state index contributed by atoms with van der Waals surface area (Å²) in [5.41, 5.74) is 0. The smallest absolute Gasteiger partial charge is 0.0235 e. The summed E-state index contributed by atoms with van der Waals surface area (Å²) >= 11 is 0. The van der Waals surface area contributed by atoms with E-state index in [1.165, 1.54) is 77.8 Å². The molecule has 0 aromatic carbocycles. The van der Waals surface area contributed by atoms with E-state index >= 15 is 0 Å². The van der Waals surface area contributed by atoms with E-state index < -0.39 is 0 Å². The van der Waals surface area contributed by atoms with Gasteiger partial charge in [0, 0.05) is 25.2 Å². The highest BCUT2D eigenvalue weighted by Gasteiger charge is 2.29. The molecule has 3 aliphatic rings. The molecule has 1 N–H and O–H groups in total. The summed E-state index contributed by atoms with van der Waals surface area (Å²) in [7, 11) is 0. The van der Waals surface area contributed by atoms with Crippen LogP contribution in [-0.4, -0.2) is 61.2 Å². The second kappa shape index (κ2) is 5.68. The lowest BCUT2D eigenvalue weighted by atomic mass is 10.1. The van der Waals surface area contributed by atoms with Gasteiger partial charge in [-0.3, -0.25) is 4.90 Å². The first-order valence-electron chi connectivity index (χ1n) is 7.61. The average Bonchev–Trinajstić information content (AvgIpc) is 3.02. The van der Waals surface area contributed by atoms with E-state index in [0.29, 0.717) is 0 Å². The molecule has 3 aliphatic heterocycles. The number of hydrogen-bond acceptors (Lipinski definition) is 3. The monoisotopic (exact) mass is 237 g/mol. The van der Waals surface area contributed by atoms with Gasteiger partial charge in [-0.1, -0.05) is 6.42 Å². The van der Waals surface area contributed by atoms with Crippen LogP contribution in [0.3, 0.4) is 0 Å². The molecule has 17 heavy (non-hydrogen) atoms. The first-order chi connectivity index (χ1) is 8.42. The molecule has 98 valence electrons. The van der Waals surface area contributed by atoms with Gasteiger partial charge in [0.1, 0.15) is 0 Å². The standard InChI is InChI=1S/C14H27N3/c1-2-8-17(9-3-1)14-6-10-16(12-14)11-13-5-4-7-15-13/h13-15H,1-12H2/t13-,14?/m0/s1. The molecule has 3 heterocycles.